The molecule has 6 nitrogen and oxygen atoms in total. The summed E-state index contributed by atoms with van der Waals surface area (Å²) in [5.41, 5.74) is -0.0443. The van der Waals surface area contributed by atoms with Crippen molar-refractivity contribution in [3.8, 4) is 5.75 Å². The molecule has 1 aromatic carbocycles. The van der Waals surface area contributed by atoms with Crippen molar-refractivity contribution < 1.29 is 14.4 Å². The van der Waals surface area contributed by atoms with E-state index in [0.717, 1.165) is 6.42 Å². The topological polar surface area (TPSA) is 73.6 Å². The predicted molar refractivity (Wildman–Crippen MR) is 73.5 cm³/mol. The van der Waals surface area contributed by atoms with E-state index in [2.05, 4.69) is 21.2 Å². The van der Waals surface area contributed by atoms with Crippen LogP contribution in [0.2, 0.25) is 0 Å². The molecule has 0 spiro atoms. The number of hydrogen-bond donors (Lipinski definition) is 1. The summed E-state index contributed by atoms with van der Waals surface area (Å²) in [6.45, 7) is 0. The number of benzene rings is 1. The van der Waals surface area contributed by atoms with Gasteiger partial charge in [-0.05, 0) is 19.2 Å². The summed E-state index contributed by atoms with van der Waals surface area (Å²) >= 11 is 3.21. The summed E-state index contributed by atoms with van der Waals surface area (Å²) in [7, 11) is 3.47. The third-order valence-electron chi connectivity index (χ3n) is 3.29. The normalized spacial score (nSPS) is 25.7. The number of rotatable bonds is 5. The lowest BCUT2D eigenvalue weighted by Gasteiger charge is -2.42. The Hall–Kier alpha value is -1.18. The lowest BCUT2D eigenvalue weighted by molar-refractivity contribution is -0.386. The summed E-state index contributed by atoms with van der Waals surface area (Å²) in [4.78, 5) is 10.5. The summed E-state index contributed by atoms with van der Waals surface area (Å²) < 4.78 is 11.7. The third kappa shape index (κ3) is 2.88. The van der Waals surface area contributed by atoms with Gasteiger partial charge in [0.15, 0.2) is 5.75 Å². The van der Waals surface area contributed by atoms with Gasteiger partial charge in [0.05, 0.1) is 4.92 Å². The minimum atomic E-state index is -0.448. The molecule has 0 bridgehead atoms. The van der Waals surface area contributed by atoms with Crippen molar-refractivity contribution >= 4 is 21.6 Å². The van der Waals surface area contributed by atoms with Crippen LogP contribution in [0, 0.1) is 10.1 Å². The minimum absolute atomic E-state index is 0.0443. The van der Waals surface area contributed by atoms with Crippen LogP contribution < -0.4 is 10.1 Å². The lowest BCUT2D eigenvalue weighted by Crippen LogP contribution is -2.60. The highest BCUT2D eigenvalue weighted by Gasteiger charge is 2.43. The first-order valence-electron chi connectivity index (χ1n) is 5.87. The van der Waals surface area contributed by atoms with Gasteiger partial charge in [-0.1, -0.05) is 15.9 Å². The molecule has 0 aromatic heterocycles. The number of nitro groups is 1. The van der Waals surface area contributed by atoms with Gasteiger partial charge in [-0.15, -0.1) is 0 Å². The Morgan fingerprint density at radius 2 is 2.26 bits per heavy atom. The zero-order chi connectivity index (χ0) is 14.0. The molecule has 2 rings (SSSR count). The molecule has 0 saturated heterocycles. The fourth-order valence-electron chi connectivity index (χ4n) is 2.19. The van der Waals surface area contributed by atoms with E-state index in [4.69, 9.17) is 9.47 Å². The molecular weight excluding hydrogens is 316 g/mol. The third-order valence-corrected chi connectivity index (χ3v) is 3.78. The van der Waals surface area contributed by atoms with E-state index in [0.29, 0.717) is 4.47 Å². The first-order valence-corrected chi connectivity index (χ1v) is 6.66. The van der Waals surface area contributed by atoms with Crippen LogP contribution in [0.3, 0.4) is 0 Å². The van der Waals surface area contributed by atoms with Gasteiger partial charge in [-0.3, -0.25) is 10.1 Å². The highest BCUT2D eigenvalue weighted by molar-refractivity contribution is 9.10. The number of nitrogens with zero attached hydrogens (tertiary/aromatic N) is 1. The zero-order valence-electron chi connectivity index (χ0n) is 10.6. The summed E-state index contributed by atoms with van der Waals surface area (Å²) in [5.74, 6) is 0.273. The molecule has 1 aromatic rings. The molecule has 104 valence electrons. The second kappa shape index (κ2) is 5.85. The monoisotopic (exact) mass is 330 g/mol. The number of hydrogen-bond acceptors (Lipinski definition) is 5. The first-order chi connectivity index (χ1) is 9.06. The second-order valence-electron chi connectivity index (χ2n) is 4.36. The number of nitro benzene ring substituents is 1. The van der Waals surface area contributed by atoms with E-state index < -0.39 is 4.92 Å². The molecule has 1 aliphatic carbocycles. The number of halogens is 1. The zero-order valence-corrected chi connectivity index (χ0v) is 12.2. The summed E-state index contributed by atoms with van der Waals surface area (Å²) in [6, 6.07) is 4.98. The molecule has 3 atom stereocenters. The van der Waals surface area contributed by atoms with E-state index in [-0.39, 0.29) is 29.7 Å². The van der Waals surface area contributed by atoms with Gasteiger partial charge >= 0.3 is 5.69 Å². The maximum atomic E-state index is 11.0. The molecule has 7 heteroatoms. The largest absolute Gasteiger partial charge is 0.481 e. The molecule has 1 N–H and O–H groups in total. The van der Waals surface area contributed by atoms with Crippen molar-refractivity contribution in [1.29, 1.82) is 0 Å². The number of likely N-dealkylation sites (N-methyl/N-ethyl adjacent to an activating group) is 1. The van der Waals surface area contributed by atoms with Crippen molar-refractivity contribution in [1.82, 2.24) is 5.32 Å². The molecule has 19 heavy (non-hydrogen) atoms. The van der Waals surface area contributed by atoms with Crippen LogP contribution in [0.5, 0.6) is 5.75 Å². The maximum absolute atomic E-state index is 11.0. The van der Waals surface area contributed by atoms with Crippen molar-refractivity contribution in [2.24, 2.45) is 0 Å². The Labute approximate surface area is 119 Å². The maximum Gasteiger partial charge on any atom is 0.312 e. The summed E-state index contributed by atoms with van der Waals surface area (Å²) in [6.07, 6.45) is 0.512. The lowest BCUT2D eigenvalue weighted by atomic mass is 9.85. The second-order valence-corrected chi connectivity index (χ2v) is 5.27. The molecule has 1 aliphatic rings. The quantitative estimate of drug-likeness (QED) is 0.661. The Balaban J connectivity index is 2.14. The Bertz CT molecular complexity index is 483. The Morgan fingerprint density at radius 1 is 1.53 bits per heavy atom. The molecule has 0 heterocycles. The Kier molecular flexibility index (Phi) is 4.38. The molecule has 0 aliphatic heterocycles. The van der Waals surface area contributed by atoms with E-state index in [1.54, 1.807) is 19.2 Å². The van der Waals surface area contributed by atoms with E-state index in [9.17, 15) is 10.1 Å². The highest BCUT2D eigenvalue weighted by atomic mass is 79.9. The SMILES string of the molecule is CNC1CC(Oc2ccc(Br)cc2[N+](=O)[O-])C1OC. The van der Waals surface area contributed by atoms with Gasteiger partial charge < -0.3 is 14.8 Å². The molecule has 0 amide bonds. The van der Waals surface area contributed by atoms with Gasteiger partial charge in [0.25, 0.3) is 0 Å². The van der Waals surface area contributed by atoms with Gasteiger partial charge in [-0.2, -0.15) is 0 Å². The van der Waals surface area contributed by atoms with Crippen LogP contribution in [-0.2, 0) is 4.74 Å². The number of methoxy groups -OCH3 is 1. The van der Waals surface area contributed by atoms with Crippen LogP contribution in [0.25, 0.3) is 0 Å². The fourth-order valence-corrected chi connectivity index (χ4v) is 2.54. The van der Waals surface area contributed by atoms with Crippen LogP contribution in [0.15, 0.2) is 22.7 Å². The van der Waals surface area contributed by atoms with E-state index in [1.807, 2.05) is 7.05 Å². The molecule has 0 radical (unpaired) electrons. The Morgan fingerprint density at radius 3 is 2.84 bits per heavy atom. The number of ether oxygens (including phenoxy) is 2. The van der Waals surface area contributed by atoms with Crippen LogP contribution in [0.1, 0.15) is 6.42 Å². The highest BCUT2D eigenvalue weighted by Crippen LogP contribution is 2.35. The van der Waals surface area contributed by atoms with Crippen molar-refractivity contribution in [2.75, 3.05) is 14.2 Å². The predicted octanol–water partition coefficient (Wildman–Crippen LogP) is 2.11. The molecule has 3 unspecified atom stereocenters. The van der Waals surface area contributed by atoms with E-state index in [1.165, 1.54) is 6.07 Å². The smallest absolute Gasteiger partial charge is 0.312 e. The van der Waals surface area contributed by atoms with Crippen LogP contribution >= 0.6 is 15.9 Å². The molecule has 1 fully saturated rings. The fraction of sp³-hybridized carbons (Fsp3) is 0.500. The van der Waals surface area contributed by atoms with Gasteiger partial charge in [0, 0.05) is 30.1 Å². The van der Waals surface area contributed by atoms with Crippen molar-refractivity contribution in [3.05, 3.63) is 32.8 Å². The van der Waals surface area contributed by atoms with Gasteiger partial charge in [-0.25, -0.2) is 0 Å². The van der Waals surface area contributed by atoms with Gasteiger partial charge in [0.2, 0.25) is 0 Å². The van der Waals surface area contributed by atoms with Crippen molar-refractivity contribution in [2.45, 2.75) is 24.7 Å². The minimum Gasteiger partial charge on any atom is -0.481 e. The van der Waals surface area contributed by atoms with Gasteiger partial charge in [0.1, 0.15) is 12.2 Å². The van der Waals surface area contributed by atoms with E-state index >= 15 is 0 Å². The standard InChI is InChI=1S/C12H15BrN2O4/c1-14-8-6-11(12(8)18-2)19-10-4-3-7(13)5-9(10)15(16)17/h3-5,8,11-12,14H,6H2,1-2H3. The summed E-state index contributed by atoms with van der Waals surface area (Å²) in [5, 5.41) is 14.1. The molecular formula is C12H15BrN2O4. The molecule has 1 saturated carbocycles. The average Bonchev–Trinajstić information content (AvgIpc) is 2.35. The first kappa shape index (κ1) is 14.2. The average molecular weight is 331 g/mol. The van der Waals surface area contributed by atoms with Crippen LogP contribution in [-0.4, -0.2) is 37.3 Å². The number of nitrogens with one attached hydrogen (secondary N) is 1. The van der Waals surface area contributed by atoms with Crippen molar-refractivity contribution in [3.63, 3.8) is 0 Å². The van der Waals surface area contributed by atoms with Crippen LogP contribution in [0.4, 0.5) is 5.69 Å².